The molecule has 0 radical (unpaired) electrons. The Morgan fingerprint density at radius 3 is 2.90 bits per heavy atom. The van der Waals surface area contributed by atoms with Gasteiger partial charge in [0.2, 0.25) is 0 Å². The summed E-state index contributed by atoms with van der Waals surface area (Å²) >= 11 is 1.33. The van der Waals surface area contributed by atoms with Crippen molar-refractivity contribution in [1.29, 1.82) is 0 Å². The van der Waals surface area contributed by atoms with Crippen LogP contribution in [-0.4, -0.2) is 55.1 Å². The fourth-order valence-electron chi connectivity index (χ4n) is 2.10. The lowest BCUT2D eigenvalue weighted by molar-refractivity contribution is 0.107. The van der Waals surface area contributed by atoms with E-state index in [-0.39, 0.29) is 12.4 Å². The first-order valence-electron chi connectivity index (χ1n) is 6.88. The van der Waals surface area contributed by atoms with Crippen molar-refractivity contribution in [2.24, 2.45) is 0 Å². The highest BCUT2D eigenvalue weighted by atomic mass is 32.1. The predicted octanol–water partition coefficient (Wildman–Crippen LogP) is 2.23. The van der Waals surface area contributed by atoms with Gasteiger partial charge in [0.15, 0.2) is 11.6 Å². The summed E-state index contributed by atoms with van der Waals surface area (Å²) in [5, 5.41) is 21.3. The van der Waals surface area contributed by atoms with Crippen LogP contribution >= 0.6 is 11.3 Å². The molecule has 0 bridgehead atoms. The molecule has 0 aliphatic heterocycles. The van der Waals surface area contributed by atoms with Gasteiger partial charge in [0.25, 0.3) is 0 Å². The van der Waals surface area contributed by atoms with E-state index in [0.29, 0.717) is 36.4 Å². The second-order valence-electron chi connectivity index (χ2n) is 4.93. The number of hydrogen-bond acceptors (Lipinski definition) is 5. The van der Waals surface area contributed by atoms with Crippen LogP contribution in [0.1, 0.15) is 5.56 Å². The van der Waals surface area contributed by atoms with Crippen LogP contribution in [-0.2, 0) is 11.2 Å². The van der Waals surface area contributed by atoms with E-state index in [4.69, 9.17) is 9.84 Å². The summed E-state index contributed by atoms with van der Waals surface area (Å²) in [5.74, 6) is -0.814. The number of aromatic hydroxyl groups is 1. The van der Waals surface area contributed by atoms with Gasteiger partial charge in [-0.1, -0.05) is 0 Å². The molecule has 0 fully saturated rings. The zero-order valence-electron chi connectivity index (χ0n) is 12.0. The SMILES string of the molecule is CN(CCO)CCOCCc1cc2ccsc2c(O)c1F. The van der Waals surface area contributed by atoms with Gasteiger partial charge in [-0.25, -0.2) is 4.39 Å². The predicted molar refractivity (Wildman–Crippen MR) is 82.6 cm³/mol. The molecule has 0 unspecified atom stereocenters. The highest BCUT2D eigenvalue weighted by Gasteiger charge is 2.13. The Kier molecular flexibility index (Phi) is 5.93. The van der Waals surface area contributed by atoms with Crippen molar-refractivity contribution in [3.05, 3.63) is 28.9 Å². The van der Waals surface area contributed by atoms with Gasteiger partial charge in [-0.2, -0.15) is 0 Å². The summed E-state index contributed by atoms with van der Waals surface area (Å²) < 4.78 is 20.1. The summed E-state index contributed by atoms with van der Waals surface area (Å²) in [6, 6.07) is 3.63. The molecule has 0 spiro atoms. The molecule has 2 N–H and O–H groups in total. The van der Waals surface area contributed by atoms with E-state index in [1.54, 1.807) is 6.07 Å². The van der Waals surface area contributed by atoms with Crippen LogP contribution in [0.3, 0.4) is 0 Å². The van der Waals surface area contributed by atoms with Gasteiger partial charge in [0.05, 0.1) is 24.5 Å². The van der Waals surface area contributed by atoms with Gasteiger partial charge in [-0.3, -0.25) is 0 Å². The molecule has 2 rings (SSSR count). The molecule has 1 heterocycles. The number of thiophene rings is 1. The number of phenolic OH excluding ortho intramolecular Hbond substituents is 1. The van der Waals surface area contributed by atoms with Crippen molar-refractivity contribution < 1.29 is 19.3 Å². The fraction of sp³-hybridized carbons (Fsp3) is 0.467. The van der Waals surface area contributed by atoms with E-state index < -0.39 is 5.82 Å². The maximum Gasteiger partial charge on any atom is 0.169 e. The van der Waals surface area contributed by atoms with Gasteiger partial charge in [0, 0.05) is 13.1 Å². The fourth-order valence-corrected chi connectivity index (χ4v) is 2.91. The molecular weight excluding hydrogens is 293 g/mol. The van der Waals surface area contributed by atoms with Crippen molar-refractivity contribution in [3.63, 3.8) is 0 Å². The van der Waals surface area contributed by atoms with E-state index in [9.17, 15) is 9.50 Å². The zero-order chi connectivity index (χ0) is 15.2. The van der Waals surface area contributed by atoms with Crippen LogP contribution in [0.2, 0.25) is 0 Å². The molecule has 0 aliphatic rings. The van der Waals surface area contributed by atoms with Crippen LogP contribution in [0, 0.1) is 5.82 Å². The van der Waals surface area contributed by atoms with Crippen LogP contribution < -0.4 is 0 Å². The van der Waals surface area contributed by atoms with Gasteiger partial charge < -0.3 is 19.8 Å². The normalized spacial score (nSPS) is 11.6. The quantitative estimate of drug-likeness (QED) is 0.734. The average Bonchev–Trinajstić information content (AvgIpc) is 2.92. The topological polar surface area (TPSA) is 52.9 Å². The van der Waals surface area contributed by atoms with Crippen LogP contribution in [0.5, 0.6) is 5.75 Å². The summed E-state index contributed by atoms with van der Waals surface area (Å²) in [6.07, 6.45) is 0.425. The second kappa shape index (κ2) is 7.70. The molecule has 4 nitrogen and oxygen atoms in total. The molecule has 1 aromatic carbocycles. The number of fused-ring (bicyclic) bond motifs is 1. The van der Waals surface area contributed by atoms with E-state index in [1.807, 2.05) is 23.4 Å². The number of rotatable bonds is 8. The molecule has 2 aromatic rings. The Hall–Kier alpha value is -1.21. The first-order valence-corrected chi connectivity index (χ1v) is 7.76. The smallest absolute Gasteiger partial charge is 0.169 e. The van der Waals surface area contributed by atoms with Crippen molar-refractivity contribution in [1.82, 2.24) is 4.90 Å². The van der Waals surface area contributed by atoms with Gasteiger partial charge in [-0.05, 0) is 41.9 Å². The number of halogens is 1. The molecule has 1 aromatic heterocycles. The minimum absolute atomic E-state index is 0.127. The largest absolute Gasteiger partial charge is 0.504 e. The first kappa shape index (κ1) is 16.2. The maximum absolute atomic E-state index is 14.0. The van der Waals surface area contributed by atoms with Crippen LogP contribution in [0.15, 0.2) is 17.5 Å². The Labute approximate surface area is 127 Å². The lowest BCUT2D eigenvalue weighted by Gasteiger charge is -2.14. The molecule has 6 heteroatoms. The van der Waals surface area contributed by atoms with Crippen molar-refractivity contribution in [2.45, 2.75) is 6.42 Å². The molecular formula is C15H20FNO3S. The number of hydrogen-bond donors (Lipinski definition) is 2. The molecule has 0 amide bonds. The number of benzene rings is 1. The average molecular weight is 313 g/mol. The monoisotopic (exact) mass is 313 g/mol. The Morgan fingerprint density at radius 1 is 1.33 bits per heavy atom. The van der Waals surface area contributed by atoms with E-state index in [1.165, 1.54) is 11.3 Å². The Bertz CT molecular complexity index is 588. The Balaban J connectivity index is 1.85. The minimum atomic E-state index is -0.550. The lowest BCUT2D eigenvalue weighted by atomic mass is 10.1. The highest BCUT2D eigenvalue weighted by Crippen LogP contribution is 2.34. The van der Waals surface area contributed by atoms with Gasteiger partial charge in [0.1, 0.15) is 0 Å². The number of aliphatic hydroxyl groups excluding tert-OH is 1. The maximum atomic E-state index is 14.0. The van der Waals surface area contributed by atoms with E-state index in [2.05, 4.69) is 0 Å². The standard InChI is InChI=1S/C15H20FNO3S/c1-17(4-6-18)5-8-20-7-2-11-10-12-3-9-21-15(12)14(19)13(11)16/h3,9-10,18-19H,2,4-8H2,1H3. The van der Waals surface area contributed by atoms with Crippen LogP contribution in [0.4, 0.5) is 4.39 Å². The lowest BCUT2D eigenvalue weighted by Crippen LogP contribution is -2.26. The van der Waals surface area contributed by atoms with E-state index in [0.717, 1.165) is 11.9 Å². The third kappa shape index (κ3) is 4.14. The Morgan fingerprint density at radius 2 is 2.14 bits per heavy atom. The third-order valence-corrected chi connectivity index (χ3v) is 4.28. The summed E-state index contributed by atoms with van der Waals surface area (Å²) in [4.78, 5) is 1.96. The second-order valence-corrected chi connectivity index (χ2v) is 5.84. The summed E-state index contributed by atoms with van der Waals surface area (Å²) in [5.41, 5.74) is 0.474. The van der Waals surface area contributed by atoms with Crippen molar-refractivity contribution in [2.75, 3.05) is 40.0 Å². The number of phenols is 1. The van der Waals surface area contributed by atoms with Crippen molar-refractivity contribution in [3.8, 4) is 5.75 Å². The summed E-state index contributed by atoms with van der Waals surface area (Å²) in [6.45, 7) is 2.39. The number of nitrogens with zero attached hydrogens (tertiary/aromatic N) is 1. The first-order chi connectivity index (χ1) is 10.1. The number of ether oxygens (including phenoxy) is 1. The number of likely N-dealkylation sites (N-methyl/N-ethyl adjacent to an activating group) is 1. The number of aliphatic hydroxyl groups is 1. The molecule has 21 heavy (non-hydrogen) atoms. The summed E-state index contributed by atoms with van der Waals surface area (Å²) in [7, 11) is 1.90. The van der Waals surface area contributed by atoms with E-state index >= 15 is 0 Å². The molecule has 0 saturated heterocycles. The highest BCUT2D eigenvalue weighted by molar-refractivity contribution is 7.17. The van der Waals surface area contributed by atoms with Gasteiger partial charge >= 0.3 is 0 Å². The zero-order valence-corrected chi connectivity index (χ0v) is 12.8. The molecule has 0 saturated carbocycles. The molecule has 0 aliphatic carbocycles. The molecule has 116 valence electrons. The minimum Gasteiger partial charge on any atom is -0.504 e. The van der Waals surface area contributed by atoms with Crippen LogP contribution in [0.25, 0.3) is 10.1 Å². The third-order valence-electron chi connectivity index (χ3n) is 3.35. The van der Waals surface area contributed by atoms with Crippen molar-refractivity contribution >= 4 is 21.4 Å². The molecule has 0 atom stereocenters. The van der Waals surface area contributed by atoms with Gasteiger partial charge in [-0.15, -0.1) is 11.3 Å².